The number of para-hydroxylation sites is 1. The van der Waals surface area contributed by atoms with E-state index in [-0.39, 0.29) is 36.5 Å². The maximum Gasteiger partial charge on any atom is 0.119 e. The van der Waals surface area contributed by atoms with Crippen LogP contribution in [0, 0.1) is 6.08 Å². The van der Waals surface area contributed by atoms with E-state index < -0.39 is 0 Å². The van der Waals surface area contributed by atoms with Gasteiger partial charge in [-0.05, 0) is 17.0 Å². The molecule has 0 saturated heterocycles. The molecular formula is C15H19F2OTi-3. The second-order valence-electron chi connectivity index (χ2n) is 4.77. The molecule has 106 valence electrons. The van der Waals surface area contributed by atoms with E-state index in [0.717, 1.165) is 12.0 Å². The molecule has 1 aliphatic rings. The van der Waals surface area contributed by atoms with Crippen molar-refractivity contribution in [2.24, 2.45) is 0 Å². The second-order valence-corrected chi connectivity index (χ2v) is 4.77. The van der Waals surface area contributed by atoms with Gasteiger partial charge in [-0.1, -0.05) is 39.0 Å². The summed E-state index contributed by atoms with van der Waals surface area (Å²) in [6.07, 6.45) is 10.0. The molecule has 4 heteroatoms. The van der Waals surface area contributed by atoms with Gasteiger partial charge in [0.2, 0.25) is 0 Å². The fourth-order valence-corrected chi connectivity index (χ4v) is 1.45. The summed E-state index contributed by atoms with van der Waals surface area (Å²) in [4.78, 5) is 0. The third kappa shape index (κ3) is 8.74. The van der Waals surface area contributed by atoms with Crippen LogP contribution in [0.5, 0.6) is 5.75 Å². The maximum atomic E-state index is 9.45. The zero-order valence-corrected chi connectivity index (χ0v) is 13.0. The number of hydrogen-bond acceptors (Lipinski definition) is 1. The third-order valence-corrected chi connectivity index (χ3v) is 2.30. The van der Waals surface area contributed by atoms with Crippen molar-refractivity contribution in [3.8, 4) is 5.75 Å². The summed E-state index contributed by atoms with van der Waals surface area (Å²) in [6.45, 7) is 6.26. The summed E-state index contributed by atoms with van der Waals surface area (Å²) in [7, 11) is 0. The van der Waals surface area contributed by atoms with E-state index in [1.807, 2.05) is 30.4 Å². The van der Waals surface area contributed by atoms with Crippen LogP contribution in [0.15, 0.2) is 42.5 Å². The van der Waals surface area contributed by atoms with Crippen LogP contribution in [0.3, 0.4) is 0 Å². The van der Waals surface area contributed by atoms with E-state index in [4.69, 9.17) is 0 Å². The molecule has 0 spiro atoms. The smallest absolute Gasteiger partial charge is 0.119 e. The molecular weight excluding hydrogens is 282 g/mol. The SMILES string of the molecule is CC(C)(C)c1ccccc1O.[C-]1=CC=CC1.[F-].[F-].[Ti]. The normalized spacial score (nSPS) is 11.3. The number of phenols is 1. The molecule has 19 heavy (non-hydrogen) atoms. The van der Waals surface area contributed by atoms with Gasteiger partial charge in [-0.15, -0.1) is 6.42 Å². The van der Waals surface area contributed by atoms with Gasteiger partial charge in [0.15, 0.2) is 0 Å². The third-order valence-electron chi connectivity index (χ3n) is 2.30. The molecule has 0 heterocycles. The van der Waals surface area contributed by atoms with Crippen molar-refractivity contribution in [2.75, 3.05) is 0 Å². The Bertz CT molecular complexity index is 385. The number of halogens is 2. The minimum absolute atomic E-state index is 0. The first kappa shape index (κ1) is 23.2. The van der Waals surface area contributed by atoms with Gasteiger partial charge in [-0.3, -0.25) is 6.08 Å². The Morgan fingerprint density at radius 1 is 1.11 bits per heavy atom. The number of aromatic hydroxyl groups is 1. The van der Waals surface area contributed by atoms with Crippen LogP contribution < -0.4 is 9.41 Å². The van der Waals surface area contributed by atoms with Crippen LogP contribution in [0.2, 0.25) is 0 Å². The number of allylic oxidation sites excluding steroid dienone is 4. The van der Waals surface area contributed by atoms with Crippen LogP contribution in [-0.4, -0.2) is 5.11 Å². The second kappa shape index (κ2) is 10.9. The van der Waals surface area contributed by atoms with Gasteiger partial charge < -0.3 is 14.5 Å². The quantitative estimate of drug-likeness (QED) is 0.434. The summed E-state index contributed by atoms with van der Waals surface area (Å²) in [5.74, 6) is 0.389. The van der Waals surface area contributed by atoms with Gasteiger partial charge in [-0.2, -0.15) is 6.08 Å². The van der Waals surface area contributed by atoms with E-state index in [2.05, 4.69) is 32.9 Å². The molecule has 2 rings (SSSR count). The molecule has 0 saturated carbocycles. The molecule has 1 aromatic rings. The Morgan fingerprint density at radius 3 is 1.95 bits per heavy atom. The van der Waals surface area contributed by atoms with Gasteiger partial charge in [0.25, 0.3) is 0 Å². The predicted octanol–water partition coefficient (Wildman–Crippen LogP) is -2.00. The monoisotopic (exact) mass is 301 g/mol. The summed E-state index contributed by atoms with van der Waals surface area (Å²) >= 11 is 0. The summed E-state index contributed by atoms with van der Waals surface area (Å²) in [6, 6.07) is 7.46. The van der Waals surface area contributed by atoms with Crippen molar-refractivity contribution in [1.29, 1.82) is 0 Å². The van der Waals surface area contributed by atoms with Crippen LogP contribution in [0.25, 0.3) is 0 Å². The van der Waals surface area contributed by atoms with Crippen LogP contribution in [-0.2, 0) is 27.1 Å². The Balaban J connectivity index is -0.000000277. The van der Waals surface area contributed by atoms with E-state index in [0.29, 0.717) is 5.75 Å². The first-order chi connectivity index (χ1) is 7.52. The standard InChI is InChI=1S/C10H14O.C5H5.2FH.Ti/c1-10(2,3)8-6-4-5-7-9(8)11;1-2-4-5-3-1;;;/h4-7,11H,1-3H3;1-3H,4H2;2*1H;/q;-1;;;/p-2. The molecule has 1 nitrogen and oxygen atoms in total. The Kier molecular flexibility index (Phi) is 13.4. The van der Waals surface area contributed by atoms with E-state index in [9.17, 15) is 5.11 Å². The van der Waals surface area contributed by atoms with Gasteiger partial charge in [0, 0.05) is 21.7 Å². The fraction of sp³-hybridized carbons (Fsp3) is 0.333. The number of benzene rings is 1. The van der Waals surface area contributed by atoms with Gasteiger partial charge in [0.05, 0.1) is 0 Å². The molecule has 1 aliphatic carbocycles. The predicted molar refractivity (Wildman–Crippen MR) is 68.4 cm³/mol. The average molecular weight is 301 g/mol. The molecule has 1 N–H and O–H groups in total. The Labute approximate surface area is 129 Å². The number of hydrogen-bond donors (Lipinski definition) is 1. The van der Waals surface area contributed by atoms with Crippen molar-refractivity contribution in [1.82, 2.24) is 0 Å². The molecule has 1 aromatic carbocycles. The minimum Gasteiger partial charge on any atom is -1.00 e. The van der Waals surface area contributed by atoms with Crippen molar-refractivity contribution >= 4 is 0 Å². The van der Waals surface area contributed by atoms with E-state index in [1.54, 1.807) is 6.07 Å². The molecule has 0 aromatic heterocycles. The molecule has 0 bridgehead atoms. The topological polar surface area (TPSA) is 20.2 Å². The average Bonchev–Trinajstić information content (AvgIpc) is 2.74. The summed E-state index contributed by atoms with van der Waals surface area (Å²) < 4.78 is 0. The van der Waals surface area contributed by atoms with Crippen molar-refractivity contribution in [3.63, 3.8) is 0 Å². The molecule has 0 atom stereocenters. The number of rotatable bonds is 0. The van der Waals surface area contributed by atoms with Crippen LogP contribution in [0.4, 0.5) is 0 Å². The van der Waals surface area contributed by atoms with E-state index in [1.165, 1.54) is 0 Å². The Morgan fingerprint density at radius 2 is 1.68 bits per heavy atom. The van der Waals surface area contributed by atoms with Gasteiger partial charge in [-0.25, -0.2) is 12.2 Å². The maximum absolute atomic E-state index is 9.45. The first-order valence-corrected chi connectivity index (χ1v) is 5.52. The Hall–Kier alpha value is -0.926. The van der Waals surface area contributed by atoms with Gasteiger partial charge in [0.1, 0.15) is 5.75 Å². The fourth-order valence-electron chi connectivity index (χ4n) is 1.45. The molecule has 0 fully saturated rings. The molecule has 0 aliphatic heterocycles. The molecule has 0 unspecified atom stereocenters. The zero-order valence-electron chi connectivity index (χ0n) is 11.5. The molecule has 0 radical (unpaired) electrons. The first-order valence-electron chi connectivity index (χ1n) is 5.52. The summed E-state index contributed by atoms with van der Waals surface area (Å²) in [5, 5.41) is 9.45. The molecule has 0 amide bonds. The largest absolute Gasteiger partial charge is 1.00 e. The zero-order chi connectivity index (χ0) is 12.0. The number of phenolic OH excluding ortho intramolecular Hbond substituents is 1. The van der Waals surface area contributed by atoms with Gasteiger partial charge >= 0.3 is 0 Å². The van der Waals surface area contributed by atoms with Crippen molar-refractivity contribution in [2.45, 2.75) is 32.6 Å². The minimum atomic E-state index is 0. The van der Waals surface area contributed by atoms with Crippen LogP contribution >= 0.6 is 0 Å². The van der Waals surface area contributed by atoms with Crippen LogP contribution in [0.1, 0.15) is 32.8 Å². The summed E-state index contributed by atoms with van der Waals surface area (Å²) in [5.41, 5.74) is 1.03. The van der Waals surface area contributed by atoms with Crippen molar-refractivity contribution < 1.29 is 36.2 Å². The van der Waals surface area contributed by atoms with Crippen molar-refractivity contribution in [3.05, 3.63) is 54.1 Å². The van der Waals surface area contributed by atoms with E-state index >= 15 is 0 Å².